The maximum atomic E-state index is 12.9. The van der Waals surface area contributed by atoms with Gasteiger partial charge in [0.15, 0.2) is 5.43 Å². The number of aliphatic hydroxyl groups excluding tert-OH is 1. The molecule has 3 N–H and O–H groups in total. The monoisotopic (exact) mass is 402 g/mol. The van der Waals surface area contributed by atoms with Gasteiger partial charge in [-0.2, -0.15) is 0 Å². The van der Waals surface area contributed by atoms with Gasteiger partial charge in [-0.3, -0.25) is 4.79 Å². The first-order valence-electron chi connectivity index (χ1n) is 9.43. The Morgan fingerprint density at radius 1 is 1.29 bits per heavy atom. The Bertz CT molecular complexity index is 1160. The highest BCUT2D eigenvalue weighted by atomic mass is 35.5. The molecule has 1 saturated heterocycles. The molecule has 3 aromatic rings. The molecule has 0 amide bonds. The van der Waals surface area contributed by atoms with E-state index in [4.69, 9.17) is 17.4 Å². The third-order valence-electron chi connectivity index (χ3n) is 5.21. The molecule has 28 heavy (non-hydrogen) atoms. The highest BCUT2D eigenvalue weighted by molar-refractivity contribution is 6.33. The van der Waals surface area contributed by atoms with Crippen LogP contribution in [0.5, 0.6) is 11.5 Å². The van der Waals surface area contributed by atoms with Crippen molar-refractivity contribution >= 4 is 22.6 Å². The lowest BCUT2D eigenvalue weighted by atomic mass is 9.85. The van der Waals surface area contributed by atoms with Crippen molar-refractivity contribution in [3.05, 3.63) is 57.2 Å². The Labute approximate surface area is 167 Å². The second kappa shape index (κ2) is 7.13. The maximum Gasteiger partial charge on any atom is 0.197 e. The quantitative estimate of drug-likeness (QED) is 0.609. The number of hydrogen-bond donors (Lipinski definition) is 3. The number of hydrogen-bond acceptors (Lipinski definition) is 6. The highest BCUT2D eigenvalue weighted by Gasteiger charge is 2.33. The number of fused-ring (bicyclic) bond motifs is 1. The number of halogens is 1. The molecule has 1 fully saturated rings. The van der Waals surface area contributed by atoms with Crippen LogP contribution in [0.2, 0.25) is 5.02 Å². The van der Waals surface area contributed by atoms with Crippen molar-refractivity contribution < 1.29 is 21.1 Å². The first kappa shape index (κ1) is 17.6. The van der Waals surface area contributed by atoms with Crippen molar-refractivity contribution in [2.24, 2.45) is 0 Å². The lowest BCUT2D eigenvalue weighted by Crippen LogP contribution is -2.40. The number of likely N-dealkylation sites (N-methyl/N-ethyl adjacent to an activating group) is 1. The van der Waals surface area contributed by atoms with Gasteiger partial charge in [0.25, 0.3) is 0 Å². The van der Waals surface area contributed by atoms with Crippen LogP contribution in [0.3, 0.4) is 0 Å². The molecular weight excluding hydrogens is 382 g/mol. The summed E-state index contributed by atoms with van der Waals surface area (Å²) in [6.07, 6.45) is -0.268. The number of likely N-dealkylation sites (tertiary alicyclic amines) is 1. The molecule has 1 aliphatic rings. The van der Waals surface area contributed by atoms with Crippen molar-refractivity contribution in [3.8, 4) is 22.8 Å². The normalized spacial score (nSPS) is 21.0. The highest BCUT2D eigenvalue weighted by Crippen LogP contribution is 2.42. The van der Waals surface area contributed by atoms with Gasteiger partial charge in [-0.1, -0.05) is 23.7 Å². The van der Waals surface area contributed by atoms with Gasteiger partial charge in [-0.05, 0) is 32.1 Å². The number of β-amino-alcohol motifs (C(OH)–C–C–N with tert-alkyl or cyclic N) is 1. The second-order valence-corrected chi connectivity index (χ2v) is 7.53. The fourth-order valence-corrected chi connectivity index (χ4v) is 4.04. The van der Waals surface area contributed by atoms with E-state index in [0.29, 0.717) is 30.1 Å². The number of phenolic OH excluding ortho intramolecular Hbond substituents is 2. The number of phenols is 2. The van der Waals surface area contributed by atoms with E-state index in [-0.39, 0.29) is 28.0 Å². The van der Waals surface area contributed by atoms with Crippen LogP contribution in [0.4, 0.5) is 0 Å². The summed E-state index contributed by atoms with van der Waals surface area (Å²) in [5.41, 5.74) is -0.158. The Morgan fingerprint density at radius 3 is 2.75 bits per heavy atom. The van der Waals surface area contributed by atoms with Gasteiger partial charge in [0.05, 0.1) is 12.5 Å². The van der Waals surface area contributed by atoms with E-state index in [0.717, 1.165) is 6.07 Å². The number of nitrogens with zero attached hydrogens (tertiary/aromatic N) is 1. The van der Waals surface area contributed by atoms with E-state index < -0.39 is 29.2 Å². The molecule has 6 nitrogen and oxygen atoms in total. The van der Waals surface area contributed by atoms with E-state index in [1.807, 2.05) is 11.9 Å². The van der Waals surface area contributed by atoms with Crippen molar-refractivity contribution in [2.75, 3.05) is 20.1 Å². The Hall–Kier alpha value is -2.54. The molecule has 0 radical (unpaired) electrons. The fraction of sp³-hybridized carbons (Fsp3) is 0.286. The largest absolute Gasteiger partial charge is 0.507 e. The van der Waals surface area contributed by atoms with Crippen LogP contribution >= 0.6 is 11.6 Å². The van der Waals surface area contributed by atoms with Crippen LogP contribution in [-0.2, 0) is 0 Å². The average molecular weight is 403 g/mol. The van der Waals surface area contributed by atoms with Crippen molar-refractivity contribution in [1.82, 2.24) is 4.90 Å². The van der Waals surface area contributed by atoms with E-state index in [1.54, 1.807) is 24.3 Å². The van der Waals surface area contributed by atoms with Gasteiger partial charge in [0.2, 0.25) is 0 Å². The summed E-state index contributed by atoms with van der Waals surface area (Å²) in [5, 5.41) is 31.6. The molecule has 2 heterocycles. The van der Waals surface area contributed by atoms with Crippen LogP contribution in [0, 0.1) is 0 Å². The molecule has 0 unspecified atom stereocenters. The lowest BCUT2D eigenvalue weighted by Gasteiger charge is -2.34. The second-order valence-electron chi connectivity index (χ2n) is 7.12. The van der Waals surface area contributed by atoms with Crippen LogP contribution in [0.25, 0.3) is 22.3 Å². The molecule has 2 aromatic carbocycles. The molecule has 1 aliphatic heterocycles. The summed E-state index contributed by atoms with van der Waals surface area (Å²) in [5.74, 6) is -1.29. The number of rotatable bonds is 2. The summed E-state index contributed by atoms with van der Waals surface area (Å²) in [6, 6.07) is 7.27. The first-order valence-corrected chi connectivity index (χ1v) is 9.31. The van der Waals surface area contributed by atoms with Crippen LogP contribution in [0.1, 0.15) is 19.3 Å². The Morgan fingerprint density at radius 2 is 2.04 bits per heavy atom. The minimum absolute atomic E-state index is 0.0352. The summed E-state index contributed by atoms with van der Waals surface area (Å²) >= 11 is 6.23. The topological polar surface area (TPSA) is 94.1 Å². The van der Waals surface area contributed by atoms with Crippen LogP contribution in [0.15, 0.2) is 45.6 Å². The molecule has 4 rings (SSSR count). The average Bonchev–Trinajstić information content (AvgIpc) is 2.66. The number of piperidine rings is 1. The standard InChI is InChI=1S/C21H20ClNO5/c1-23-7-6-12(17(27)10-23)19-14(24)8-15(25)20-16(26)9-18(28-21(19)20)11-4-2-3-5-13(11)22/h2-5,8-9,12,17,24-25,27H,6-7,10H2,1H3/t12-,17+/m0/s1/i9D. The third kappa shape index (κ3) is 3.13. The van der Waals surface area contributed by atoms with Gasteiger partial charge in [-0.25, -0.2) is 0 Å². The van der Waals surface area contributed by atoms with Gasteiger partial charge in [0.1, 0.15) is 28.2 Å². The van der Waals surface area contributed by atoms with Gasteiger partial charge < -0.3 is 24.6 Å². The number of aliphatic hydroxyl groups is 1. The molecule has 0 bridgehead atoms. The molecule has 146 valence electrons. The van der Waals surface area contributed by atoms with Gasteiger partial charge in [-0.15, -0.1) is 0 Å². The van der Waals surface area contributed by atoms with Crippen LogP contribution in [-0.4, -0.2) is 46.5 Å². The first-order chi connectivity index (χ1) is 13.8. The maximum absolute atomic E-state index is 12.9. The smallest absolute Gasteiger partial charge is 0.197 e. The fourth-order valence-electron chi connectivity index (χ4n) is 3.82. The summed E-state index contributed by atoms with van der Waals surface area (Å²) < 4.78 is 14.2. The number of aromatic hydroxyl groups is 2. The minimum Gasteiger partial charge on any atom is -0.507 e. The molecule has 0 spiro atoms. The molecule has 2 atom stereocenters. The predicted octanol–water partition coefficient (Wildman–Crippen LogP) is 3.30. The van der Waals surface area contributed by atoms with E-state index >= 15 is 0 Å². The Balaban J connectivity index is 2.05. The van der Waals surface area contributed by atoms with E-state index in [1.165, 1.54) is 0 Å². The molecule has 1 aromatic heterocycles. The lowest BCUT2D eigenvalue weighted by molar-refractivity contribution is 0.0630. The zero-order chi connectivity index (χ0) is 20.9. The third-order valence-corrected chi connectivity index (χ3v) is 5.54. The van der Waals surface area contributed by atoms with E-state index in [9.17, 15) is 20.1 Å². The summed E-state index contributed by atoms with van der Waals surface area (Å²) in [4.78, 5) is 14.9. The van der Waals surface area contributed by atoms with Crippen LogP contribution < -0.4 is 5.43 Å². The van der Waals surface area contributed by atoms with Crippen molar-refractivity contribution in [3.63, 3.8) is 0 Å². The minimum atomic E-state index is -0.794. The molecule has 7 heteroatoms. The summed E-state index contributed by atoms with van der Waals surface area (Å²) in [7, 11) is 1.89. The van der Waals surface area contributed by atoms with Gasteiger partial charge in [0, 0.05) is 35.7 Å². The van der Waals surface area contributed by atoms with Crippen molar-refractivity contribution in [2.45, 2.75) is 18.4 Å². The van der Waals surface area contributed by atoms with E-state index in [2.05, 4.69) is 0 Å². The molecule has 0 saturated carbocycles. The SMILES string of the molecule is [2H]c1c(-c2ccccc2Cl)oc2c([C@H]3CCN(C)C[C@H]3O)c(O)cc(O)c2c1=O. The zero-order valence-electron chi connectivity index (χ0n) is 16.1. The predicted molar refractivity (Wildman–Crippen MR) is 107 cm³/mol. The zero-order valence-corrected chi connectivity index (χ0v) is 15.9. The Kier molecular flexibility index (Phi) is 4.47. The van der Waals surface area contributed by atoms with Gasteiger partial charge >= 0.3 is 0 Å². The number of benzene rings is 2. The van der Waals surface area contributed by atoms with Crippen molar-refractivity contribution in [1.29, 1.82) is 0 Å². The molecule has 0 aliphatic carbocycles. The molecular formula is C21H20ClNO5. The summed E-state index contributed by atoms with van der Waals surface area (Å²) in [6.45, 7) is 1.08.